The van der Waals surface area contributed by atoms with Crippen LogP contribution in [0, 0.1) is 11.8 Å². The molecule has 2 atom stereocenters. The van der Waals surface area contributed by atoms with E-state index in [0.717, 1.165) is 0 Å². The SMILES string of the molecule is CN(C)C[C@@H]1CC(=O)[C@H](CN(C)C)CC1=O. The van der Waals surface area contributed by atoms with E-state index >= 15 is 0 Å². The highest BCUT2D eigenvalue weighted by Crippen LogP contribution is 2.24. The Bertz CT molecular complexity index is 246. The van der Waals surface area contributed by atoms with Crippen LogP contribution in [0.4, 0.5) is 0 Å². The van der Waals surface area contributed by atoms with Gasteiger partial charge in [0.25, 0.3) is 0 Å². The molecule has 1 aliphatic carbocycles. The molecule has 1 rings (SSSR count). The van der Waals surface area contributed by atoms with Crippen LogP contribution in [0.5, 0.6) is 0 Å². The Morgan fingerprint density at radius 3 is 1.44 bits per heavy atom. The lowest BCUT2D eigenvalue weighted by atomic mass is 9.79. The van der Waals surface area contributed by atoms with Gasteiger partial charge in [-0.1, -0.05) is 0 Å². The number of hydrogen-bond acceptors (Lipinski definition) is 4. The zero-order chi connectivity index (χ0) is 12.3. The Morgan fingerprint density at radius 2 is 1.19 bits per heavy atom. The van der Waals surface area contributed by atoms with Gasteiger partial charge in [-0.3, -0.25) is 9.59 Å². The summed E-state index contributed by atoms with van der Waals surface area (Å²) >= 11 is 0. The number of carbonyl (C=O) groups is 2. The van der Waals surface area contributed by atoms with E-state index in [1.807, 2.05) is 38.0 Å². The summed E-state index contributed by atoms with van der Waals surface area (Å²) in [6.45, 7) is 1.39. The molecule has 0 unspecified atom stereocenters. The number of carbonyl (C=O) groups excluding carboxylic acids is 2. The van der Waals surface area contributed by atoms with Crippen LogP contribution in [-0.2, 0) is 9.59 Å². The number of nitrogens with zero attached hydrogens (tertiary/aromatic N) is 2. The van der Waals surface area contributed by atoms with Gasteiger partial charge in [-0.2, -0.15) is 0 Å². The molecule has 0 aromatic heterocycles. The third kappa shape index (κ3) is 3.68. The fraction of sp³-hybridized carbons (Fsp3) is 0.833. The maximum Gasteiger partial charge on any atom is 0.138 e. The molecule has 4 heteroatoms. The highest BCUT2D eigenvalue weighted by atomic mass is 16.1. The van der Waals surface area contributed by atoms with Crippen LogP contribution in [0.25, 0.3) is 0 Å². The van der Waals surface area contributed by atoms with Gasteiger partial charge in [-0.15, -0.1) is 0 Å². The van der Waals surface area contributed by atoms with Gasteiger partial charge in [0.05, 0.1) is 0 Å². The molecule has 92 valence electrons. The van der Waals surface area contributed by atoms with Crippen LogP contribution < -0.4 is 0 Å². The van der Waals surface area contributed by atoms with Crippen molar-refractivity contribution in [2.24, 2.45) is 11.8 Å². The first kappa shape index (κ1) is 13.3. The van der Waals surface area contributed by atoms with E-state index < -0.39 is 0 Å². The van der Waals surface area contributed by atoms with Crippen molar-refractivity contribution in [3.05, 3.63) is 0 Å². The van der Waals surface area contributed by atoms with Crippen molar-refractivity contribution in [2.45, 2.75) is 12.8 Å². The lowest BCUT2D eigenvalue weighted by Gasteiger charge is -2.29. The van der Waals surface area contributed by atoms with Crippen LogP contribution in [0.1, 0.15) is 12.8 Å². The molecular formula is C12H22N2O2. The Morgan fingerprint density at radius 1 is 0.875 bits per heavy atom. The first-order valence-electron chi connectivity index (χ1n) is 5.75. The molecule has 0 radical (unpaired) electrons. The fourth-order valence-corrected chi connectivity index (χ4v) is 2.26. The van der Waals surface area contributed by atoms with E-state index in [9.17, 15) is 9.59 Å². The average molecular weight is 226 g/mol. The van der Waals surface area contributed by atoms with Gasteiger partial charge >= 0.3 is 0 Å². The minimum Gasteiger partial charge on any atom is -0.309 e. The summed E-state index contributed by atoms with van der Waals surface area (Å²) in [4.78, 5) is 27.7. The van der Waals surface area contributed by atoms with Gasteiger partial charge in [0.2, 0.25) is 0 Å². The molecule has 0 aliphatic heterocycles. The first-order chi connectivity index (χ1) is 7.40. The molecule has 4 nitrogen and oxygen atoms in total. The van der Waals surface area contributed by atoms with Gasteiger partial charge in [-0.05, 0) is 28.2 Å². The van der Waals surface area contributed by atoms with Gasteiger partial charge < -0.3 is 9.80 Å². The van der Waals surface area contributed by atoms with Crippen LogP contribution in [0.3, 0.4) is 0 Å². The summed E-state index contributed by atoms with van der Waals surface area (Å²) in [6.07, 6.45) is 0.852. The lowest BCUT2D eigenvalue weighted by molar-refractivity contribution is -0.137. The Kier molecular flexibility index (Phi) is 4.62. The van der Waals surface area contributed by atoms with Gasteiger partial charge in [0, 0.05) is 37.8 Å². The van der Waals surface area contributed by atoms with E-state index in [0.29, 0.717) is 25.9 Å². The quantitative estimate of drug-likeness (QED) is 0.690. The van der Waals surface area contributed by atoms with Crippen molar-refractivity contribution in [3.8, 4) is 0 Å². The van der Waals surface area contributed by atoms with Crippen molar-refractivity contribution in [2.75, 3.05) is 41.3 Å². The number of rotatable bonds is 4. The molecule has 0 spiro atoms. The van der Waals surface area contributed by atoms with Crippen molar-refractivity contribution >= 4 is 11.6 Å². The predicted octanol–water partition coefficient (Wildman–Crippen LogP) is 0.274. The van der Waals surface area contributed by atoms with E-state index in [-0.39, 0.29) is 23.4 Å². The molecular weight excluding hydrogens is 204 g/mol. The normalized spacial score (nSPS) is 26.9. The standard InChI is InChI=1S/C12H22N2O2/c1-13(2)7-9-5-12(16)10(6-11(9)15)8-14(3)4/h9-10H,5-8H2,1-4H3/t9-,10-/m0/s1. The summed E-state index contributed by atoms with van der Waals surface area (Å²) in [5.41, 5.74) is 0. The summed E-state index contributed by atoms with van der Waals surface area (Å²) in [6, 6.07) is 0. The molecule has 0 aromatic carbocycles. The first-order valence-corrected chi connectivity index (χ1v) is 5.75. The molecule has 1 aliphatic rings. The third-order valence-electron chi connectivity index (χ3n) is 2.98. The van der Waals surface area contributed by atoms with Gasteiger partial charge in [0.15, 0.2) is 0 Å². The van der Waals surface area contributed by atoms with Crippen LogP contribution in [-0.4, -0.2) is 62.6 Å². The highest BCUT2D eigenvalue weighted by molar-refractivity contribution is 5.96. The van der Waals surface area contributed by atoms with Crippen LogP contribution in [0.2, 0.25) is 0 Å². The highest BCUT2D eigenvalue weighted by Gasteiger charge is 2.34. The van der Waals surface area contributed by atoms with Gasteiger partial charge in [0.1, 0.15) is 11.6 Å². The van der Waals surface area contributed by atoms with E-state index in [1.165, 1.54) is 0 Å². The molecule has 0 amide bonds. The Balaban J connectivity index is 2.56. The summed E-state index contributed by atoms with van der Waals surface area (Å²) in [7, 11) is 7.74. The van der Waals surface area contributed by atoms with Crippen LogP contribution in [0.15, 0.2) is 0 Å². The second-order valence-corrected chi connectivity index (χ2v) is 5.26. The molecule has 0 heterocycles. The lowest BCUT2D eigenvalue weighted by Crippen LogP contribution is -2.41. The Labute approximate surface area is 97.6 Å². The summed E-state index contributed by atoms with van der Waals surface area (Å²) < 4.78 is 0. The average Bonchev–Trinajstić information content (AvgIpc) is 2.11. The van der Waals surface area contributed by atoms with Gasteiger partial charge in [-0.25, -0.2) is 0 Å². The van der Waals surface area contributed by atoms with Crippen molar-refractivity contribution in [1.29, 1.82) is 0 Å². The number of Topliss-reactive ketones (excluding diaryl/α,β-unsaturated/α-hetero) is 2. The van der Waals surface area contributed by atoms with E-state index in [2.05, 4.69) is 0 Å². The second-order valence-electron chi connectivity index (χ2n) is 5.26. The van der Waals surface area contributed by atoms with Crippen molar-refractivity contribution < 1.29 is 9.59 Å². The topological polar surface area (TPSA) is 40.6 Å². The van der Waals surface area contributed by atoms with Crippen molar-refractivity contribution in [3.63, 3.8) is 0 Å². The summed E-state index contributed by atoms with van der Waals surface area (Å²) in [5, 5.41) is 0. The molecule has 1 saturated carbocycles. The van der Waals surface area contributed by atoms with E-state index in [4.69, 9.17) is 0 Å². The molecule has 0 N–H and O–H groups in total. The summed E-state index contributed by atoms with van der Waals surface area (Å²) in [5.74, 6) is 0.335. The van der Waals surface area contributed by atoms with Crippen molar-refractivity contribution in [1.82, 2.24) is 9.80 Å². The molecule has 0 aromatic rings. The molecule has 0 bridgehead atoms. The van der Waals surface area contributed by atoms with E-state index in [1.54, 1.807) is 0 Å². The van der Waals surface area contributed by atoms with Crippen LogP contribution >= 0.6 is 0 Å². The Hall–Kier alpha value is -0.740. The number of ketones is 2. The number of hydrogen-bond donors (Lipinski definition) is 0. The minimum atomic E-state index is -0.0825. The smallest absolute Gasteiger partial charge is 0.138 e. The monoisotopic (exact) mass is 226 g/mol. The molecule has 0 saturated heterocycles. The maximum absolute atomic E-state index is 11.9. The molecule has 16 heavy (non-hydrogen) atoms. The largest absolute Gasteiger partial charge is 0.309 e. The predicted molar refractivity (Wildman–Crippen MR) is 63.3 cm³/mol. The second kappa shape index (κ2) is 5.55. The minimum absolute atomic E-state index is 0.0825. The zero-order valence-corrected chi connectivity index (χ0v) is 10.7. The zero-order valence-electron chi connectivity index (χ0n) is 10.7. The maximum atomic E-state index is 11.9. The molecule has 1 fully saturated rings. The third-order valence-corrected chi connectivity index (χ3v) is 2.98. The fourth-order valence-electron chi connectivity index (χ4n) is 2.26.